The van der Waals surface area contributed by atoms with E-state index in [1.165, 1.54) is 12.1 Å². The van der Waals surface area contributed by atoms with Crippen molar-refractivity contribution in [2.24, 2.45) is 0 Å². The largest absolute Gasteiger partial charge is 0.396 e. The maximum Gasteiger partial charge on any atom is 0.242 e. The lowest BCUT2D eigenvalue weighted by Gasteiger charge is -2.09. The predicted molar refractivity (Wildman–Crippen MR) is 77.2 cm³/mol. The zero-order valence-electron chi connectivity index (χ0n) is 10.4. The van der Waals surface area contributed by atoms with Crippen molar-refractivity contribution in [3.8, 4) is 0 Å². The highest BCUT2D eigenvalue weighted by Crippen LogP contribution is 2.28. The van der Waals surface area contributed by atoms with E-state index in [9.17, 15) is 8.42 Å². The van der Waals surface area contributed by atoms with Crippen molar-refractivity contribution in [1.29, 1.82) is 0 Å². The van der Waals surface area contributed by atoms with E-state index in [0.717, 1.165) is 25.7 Å². The van der Waals surface area contributed by atoms with E-state index < -0.39 is 10.0 Å². The van der Waals surface area contributed by atoms with Crippen LogP contribution in [0.4, 0.5) is 0 Å². The summed E-state index contributed by atoms with van der Waals surface area (Å²) in [6, 6.07) is 4.50. The lowest BCUT2D eigenvalue weighted by Crippen LogP contribution is -2.25. The van der Waals surface area contributed by atoms with Gasteiger partial charge in [0.15, 0.2) is 0 Å². The van der Waals surface area contributed by atoms with Gasteiger partial charge in [-0.15, -0.1) is 0 Å². The molecule has 108 valence electrons. The maximum atomic E-state index is 12.0. The van der Waals surface area contributed by atoms with Gasteiger partial charge in [-0.2, -0.15) is 0 Å². The van der Waals surface area contributed by atoms with E-state index in [1.54, 1.807) is 6.07 Å². The molecule has 0 spiro atoms. The SMILES string of the molecule is O=S(=O)(NCCCCCCO)c1cccc(Cl)c1Cl. The van der Waals surface area contributed by atoms with E-state index in [2.05, 4.69) is 4.72 Å². The Labute approximate surface area is 123 Å². The fourth-order valence-electron chi connectivity index (χ4n) is 1.57. The molecule has 0 bridgehead atoms. The number of unbranched alkanes of at least 4 members (excludes halogenated alkanes) is 3. The highest BCUT2D eigenvalue weighted by molar-refractivity contribution is 7.89. The van der Waals surface area contributed by atoms with Crippen molar-refractivity contribution >= 4 is 33.2 Å². The van der Waals surface area contributed by atoms with Crippen molar-refractivity contribution in [3.05, 3.63) is 28.2 Å². The van der Waals surface area contributed by atoms with Crippen LogP contribution in [0, 0.1) is 0 Å². The van der Waals surface area contributed by atoms with E-state index in [4.69, 9.17) is 28.3 Å². The Kier molecular flexibility index (Phi) is 7.10. The number of sulfonamides is 1. The van der Waals surface area contributed by atoms with Crippen LogP contribution in [0.2, 0.25) is 10.0 Å². The molecule has 2 N–H and O–H groups in total. The third kappa shape index (κ3) is 5.28. The number of aliphatic hydroxyl groups is 1. The molecular formula is C12H17Cl2NO3S. The Hall–Kier alpha value is -0.330. The zero-order chi connectivity index (χ0) is 14.3. The van der Waals surface area contributed by atoms with Gasteiger partial charge in [-0.1, -0.05) is 42.1 Å². The summed E-state index contributed by atoms with van der Waals surface area (Å²) >= 11 is 11.7. The molecule has 0 amide bonds. The molecule has 0 aliphatic heterocycles. The van der Waals surface area contributed by atoms with E-state index in [1.807, 2.05) is 0 Å². The Morgan fingerprint density at radius 2 is 1.79 bits per heavy atom. The topological polar surface area (TPSA) is 66.4 Å². The Morgan fingerprint density at radius 3 is 2.47 bits per heavy atom. The molecule has 0 heterocycles. The highest BCUT2D eigenvalue weighted by atomic mass is 35.5. The standard InChI is InChI=1S/C12H17Cl2NO3S/c13-10-6-5-7-11(12(10)14)19(17,18)15-8-3-1-2-4-9-16/h5-7,15-16H,1-4,8-9H2. The molecular weight excluding hydrogens is 309 g/mol. The first-order chi connectivity index (χ1) is 8.99. The molecule has 1 rings (SSSR count). The first-order valence-corrected chi connectivity index (χ1v) is 8.27. The summed E-state index contributed by atoms with van der Waals surface area (Å²) in [5.41, 5.74) is 0. The molecule has 0 atom stereocenters. The number of rotatable bonds is 8. The number of aliphatic hydroxyl groups excluding tert-OH is 1. The van der Waals surface area contributed by atoms with Crippen LogP contribution >= 0.6 is 23.2 Å². The normalized spacial score (nSPS) is 11.7. The fraction of sp³-hybridized carbons (Fsp3) is 0.500. The van der Waals surface area contributed by atoms with E-state index in [0.29, 0.717) is 6.54 Å². The van der Waals surface area contributed by atoms with Crippen molar-refractivity contribution in [2.75, 3.05) is 13.2 Å². The fourth-order valence-corrected chi connectivity index (χ4v) is 3.40. The number of hydrogen-bond acceptors (Lipinski definition) is 3. The molecule has 0 radical (unpaired) electrons. The molecule has 0 saturated carbocycles. The van der Waals surface area contributed by atoms with Crippen molar-refractivity contribution in [3.63, 3.8) is 0 Å². The van der Waals surface area contributed by atoms with Gasteiger partial charge in [0, 0.05) is 13.2 Å². The number of nitrogens with one attached hydrogen (secondary N) is 1. The predicted octanol–water partition coefficient (Wildman–Crippen LogP) is 2.82. The van der Waals surface area contributed by atoms with Crippen LogP contribution in [0.25, 0.3) is 0 Å². The Morgan fingerprint density at radius 1 is 1.11 bits per heavy atom. The lowest BCUT2D eigenvalue weighted by molar-refractivity contribution is 0.282. The molecule has 1 aromatic carbocycles. The maximum absolute atomic E-state index is 12.0. The summed E-state index contributed by atoms with van der Waals surface area (Å²) in [6.45, 7) is 0.514. The average Bonchev–Trinajstić information content (AvgIpc) is 2.36. The van der Waals surface area contributed by atoms with Crippen LogP contribution in [-0.4, -0.2) is 26.7 Å². The number of hydrogen-bond donors (Lipinski definition) is 2. The van der Waals surface area contributed by atoms with Gasteiger partial charge in [0.05, 0.1) is 10.0 Å². The van der Waals surface area contributed by atoms with Gasteiger partial charge in [0.25, 0.3) is 0 Å². The second-order valence-corrected chi connectivity index (χ2v) is 6.61. The van der Waals surface area contributed by atoms with Gasteiger partial charge < -0.3 is 5.11 Å². The van der Waals surface area contributed by atoms with Gasteiger partial charge in [-0.05, 0) is 25.0 Å². The minimum atomic E-state index is -3.62. The smallest absolute Gasteiger partial charge is 0.242 e. The molecule has 1 aromatic rings. The van der Waals surface area contributed by atoms with Gasteiger partial charge >= 0.3 is 0 Å². The van der Waals surface area contributed by atoms with Crippen LogP contribution < -0.4 is 4.72 Å². The summed E-state index contributed by atoms with van der Waals surface area (Å²) in [5.74, 6) is 0. The summed E-state index contributed by atoms with van der Waals surface area (Å²) in [7, 11) is -3.62. The quantitative estimate of drug-likeness (QED) is 0.722. The van der Waals surface area contributed by atoms with Crippen molar-refractivity contribution < 1.29 is 13.5 Å². The lowest BCUT2D eigenvalue weighted by atomic mass is 10.2. The average molecular weight is 326 g/mol. The summed E-state index contributed by atoms with van der Waals surface area (Å²) in [6.07, 6.45) is 3.22. The van der Waals surface area contributed by atoms with Crippen LogP contribution in [0.15, 0.2) is 23.1 Å². The van der Waals surface area contributed by atoms with Gasteiger partial charge in [-0.25, -0.2) is 13.1 Å². The molecule has 0 aliphatic carbocycles. The molecule has 0 fully saturated rings. The number of benzene rings is 1. The molecule has 19 heavy (non-hydrogen) atoms. The molecule has 0 saturated heterocycles. The third-order valence-corrected chi connectivity index (χ3v) is 5.02. The Balaban J connectivity index is 2.54. The second-order valence-electron chi connectivity index (χ2n) is 4.09. The van der Waals surface area contributed by atoms with Gasteiger partial charge in [-0.3, -0.25) is 0 Å². The van der Waals surface area contributed by atoms with Crippen LogP contribution in [0.5, 0.6) is 0 Å². The van der Waals surface area contributed by atoms with Crippen molar-refractivity contribution in [2.45, 2.75) is 30.6 Å². The summed E-state index contributed by atoms with van der Waals surface area (Å²) < 4.78 is 26.5. The van der Waals surface area contributed by atoms with Crippen LogP contribution in [0.3, 0.4) is 0 Å². The van der Waals surface area contributed by atoms with E-state index in [-0.39, 0.29) is 21.5 Å². The molecule has 0 unspecified atom stereocenters. The van der Waals surface area contributed by atoms with Gasteiger partial charge in [0.1, 0.15) is 4.90 Å². The van der Waals surface area contributed by atoms with E-state index >= 15 is 0 Å². The minimum Gasteiger partial charge on any atom is -0.396 e. The monoisotopic (exact) mass is 325 g/mol. The molecule has 7 heteroatoms. The Bertz CT molecular complexity index is 506. The molecule has 0 aliphatic rings. The van der Waals surface area contributed by atoms with Crippen LogP contribution in [0.1, 0.15) is 25.7 Å². The molecule has 0 aromatic heterocycles. The minimum absolute atomic E-state index is 0.00275. The van der Waals surface area contributed by atoms with Crippen LogP contribution in [-0.2, 0) is 10.0 Å². The van der Waals surface area contributed by atoms with Crippen molar-refractivity contribution in [1.82, 2.24) is 4.72 Å². The van der Waals surface area contributed by atoms with Gasteiger partial charge in [0.2, 0.25) is 10.0 Å². The zero-order valence-corrected chi connectivity index (χ0v) is 12.7. The molecule has 4 nitrogen and oxygen atoms in total. The second kappa shape index (κ2) is 8.07. The first kappa shape index (κ1) is 16.7. The highest BCUT2D eigenvalue weighted by Gasteiger charge is 2.18. The first-order valence-electron chi connectivity index (χ1n) is 6.03. The number of halogens is 2. The summed E-state index contributed by atoms with van der Waals surface area (Å²) in [5, 5.41) is 8.87. The summed E-state index contributed by atoms with van der Waals surface area (Å²) in [4.78, 5) is -0.00275. The third-order valence-electron chi connectivity index (χ3n) is 2.58.